The van der Waals surface area contributed by atoms with Crippen molar-refractivity contribution in [3.63, 3.8) is 0 Å². The predicted octanol–water partition coefficient (Wildman–Crippen LogP) is 5.32. The van der Waals surface area contributed by atoms with E-state index >= 15 is 0 Å². The van der Waals surface area contributed by atoms with E-state index in [0.29, 0.717) is 0 Å². The van der Waals surface area contributed by atoms with Crippen LogP contribution in [0.1, 0.15) is 69.9 Å². The molecule has 0 aliphatic carbocycles. The van der Waals surface area contributed by atoms with Crippen molar-refractivity contribution in [2.24, 2.45) is 0 Å². The Morgan fingerprint density at radius 3 is 1.81 bits per heavy atom. The standard InChI is InChI=1S/C16H26/c1-4-7-14-10-12-16(13-11-14)15(8-5-2)9-6-3/h10-13,15H,4-9H2,1-3H3. The molecule has 0 aliphatic rings. The highest BCUT2D eigenvalue weighted by Gasteiger charge is 2.08. The quantitative estimate of drug-likeness (QED) is 0.581. The lowest BCUT2D eigenvalue weighted by atomic mass is 9.90. The molecule has 0 amide bonds. The molecule has 0 aromatic heterocycles. The molecule has 0 radical (unpaired) electrons. The molecule has 0 aliphatic heterocycles. The predicted molar refractivity (Wildman–Crippen MR) is 73.0 cm³/mol. The molecule has 0 saturated carbocycles. The lowest BCUT2D eigenvalue weighted by molar-refractivity contribution is 0.561. The average molecular weight is 218 g/mol. The van der Waals surface area contributed by atoms with Crippen LogP contribution in [-0.2, 0) is 6.42 Å². The summed E-state index contributed by atoms with van der Waals surface area (Å²) in [6, 6.07) is 9.33. The highest BCUT2D eigenvalue weighted by Crippen LogP contribution is 2.26. The van der Waals surface area contributed by atoms with E-state index in [1.165, 1.54) is 44.1 Å². The van der Waals surface area contributed by atoms with Crippen LogP contribution in [0.5, 0.6) is 0 Å². The first-order valence-electron chi connectivity index (χ1n) is 6.90. The van der Waals surface area contributed by atoms with Gasteiger partial charge in [-0.15, -0.1) is 0 Å². The Bertz CT molecular complexity index is 265. The molecule has 1 aromatic carbocycles. The summed E-state index contributed by atoms with van der Waals surface area (Å²) in [5.41, 5.74) is 3.03. The second-order valence-electron chi connectivity index (χ2n) is 4.77. The molecule has 0 atom stereocenters. The summed E-state index contributed by atoms with van der Waals surface area (Å²) in [6.07, 6.45) is 7.71. The van der Waals surface area contributed by atoms with E-state index in [1.54, 1.807) is 5.56 Å². The Morgan fingerprint density at radius 1 is 0.812 bits per heavy atom. The summed E-state index contributed by atoms with van der Waals surface area (Å²) in [7, 11) is 0. The van der Waals surface area contributed by atoms with Gasteiger partial charge in [-0.2, -0.15) is 0 Å². The summed E-state index contributed by atoms with van der Waals surface area (Å²) < 4.78 is 0. The van der Waals surface area contributed by atoms with E-state index in [1.807, 2.05) is 0 Å². The van der Waals surface area contributed by atoms with Crippen LogP contribution < -0.4 is 0 Å². The smallest absolute Gasteiger partial charge is 0.0162 e. The highest BCUT2D eigenvalue weighted by atomic mass is 14.1. The van der Waals surface area contributed by atoms with Crippen LogP contribution >= 0.6 is 0 Å². The molecule has 0 bridgehead atoms. The first kappa shape index (κ1) is 13.3. The van der Waals surface area contributed by atoms with Crippen LogP contribution in [0.25, 0.3) is 0 Å². The van der Waals surface area contributed by atoms with Gasteiger partial charge in [0.05, 0.1) is 0 Å². The first-order chi connectivity index (χ1) is 7.81. The molecular weight excluding hydrogens is 192 g/mol. The summed E-state index contributed by atoms with van der Waals surface area (Å²) in [6.45, 7) is 6.81. The maximum Gasteiger partial charge on any atom is -0.0162 e. The maximum atomic E-state index is 2.35. The van der Waals surface area contributed by atoms with Crippen molar-refractivity contribution < 1.29 is 0 Å². The molecule has 0 fully saturated rings. The van der Waals surface area contributed by atoms with Gasteiger partial charge in [0, 0.05) is 0 Å². The van der Waals surface area contributed by atoms with Gasteiger partial charge in [-0.05, 0) is 36.3 Å². The van der Waals surface area contributed by atoms with Gasteiger partial charge in [-0.1, -0.05) is 64.3 Å². The van der Waals surface area contributed by atoms with Crippen molar-refractivity contribution in [3.05, 3.63) is 35.4 Å². The maximum absolute atomic E-state index is 2.35. The normalized spacial score (nSPS) is 11.0. The molecule has 0 spiro atoms. The molecule has 0 heterocycles. The van der Waals surface area contributed by atoms with Crippen LogP contribution in [0.15, 0.2) is 24.3 Å². The van der Waals surface area contributed by atoms with Gasteiger partial charge in [-0.3, -0.25) is 0 Å². The van der Waals surface area contributed by atoms with E-state index in [-0.39, 0.29) is 0 Å². The van der Waals surface area contributed by atoms with Crippen molar-refractivity contribution in [1.82, 2.24) is 0 Å². The number of hydrogen-bond acceptors (Lipinski definition) is 0. The van der Waals surface area contributed by atoms with Gasteiger partial charge in [0.25, 0.3) is 0 Å². The lowest BCUT2D eigenvalue weighted by Gasteiger charge is -2.16. The average Bonchev–Trinajstić information content (AvgIpc) is 2.30. The minimum absolute atomic E-state index is 0.783. The van der Waals surface area contributed by atoms with Gasteiger partial charge in [-0.25, -0.2) is 0 Å². The fourth-order valence-electron chi connectivity index (χ4n) is 2.42. The molecule has 0 N–H and O–H groups in total. The molecule has 0 saturated heterocycles. The van der Waals surface area contributed by atoms with Crippen LogP contribution in [0.3, 0.4) is 0 Å². The van der Waals surface area contributed by atoms with E-state index in [4.69, 9.17) is 0 Å². The Labute approximate surface area is 101 Å². The number of benzene rings is 1. The Balaban J connectivity index is 2.68. The summed E-state index contributed by atoms with van der Waals surface area (Å²) >= 11 is 0. The Hall–Kier alpha value is -0.780. The van der Waals surface area contributed by atoms with E-state index in [0.717, 1.165) is 5.92 Å². The van der Waals surface area contributed by atoms with E-state index in [2.05, 4.69) is 45.0 Å². The fourth-order valence-corrected chi connectivity index (χ4v) is 2.42. The SMILES string of the molecule is CCCc1ccc(C(CCC)CCC)cc1. The second-order valence-corrected chi connectivity index (χ2v) is 4.77. The van der Waals surface area contributed by atoms with Crippen molar-refractivity contribution in [2.75, 3.05) is 0 Å². The summed E-state index contributed by atoms with van der Waals surface area (Å²) in [5, 5.41) is 0. The van der Waals surface area contributed by atoms with Crippen molar-refractivity contribution >= 4 is 0 Å². The molecule has 90 valence electrons. The third-order valence-corrected chi connectivity index (χ3v) is 3.26. The van der Waals surface area contributed by atoms with Crippen molar-refractivity contribution in [3.8, 4) is 0 Å². The zero-order valence-corrected chi connectivity index (χ0v) is 11.1. The van der Waals surface area contributed by atoms with Gasteiger partial charge >= 0.3 is 0 Å². The van der Waals surface area contributed by atoms with Crippen LogP contribution in [0, 0.1) is 0 Å². The number of hydrogen-bond donors (Lipinski definition) is 0. The number of aryl methyl sites for hydroxylation is 1. The first-order valence-corrected chi connectivity index (χ1v) is 6.90. The molecule has 16 heavy (non-hydrogen) atoms. The minimum atomic E-state index is 0.783. The second kappa shape index (κ2) is 7.49. The van der Waals surface area contributed by atoms with Crippen molar-refractivity contribution in [1.29, 1.82) is 0 Å². The number of rotatable bonds is 7. The zero-order chi connectivity index (χ0) is 11.8. The molecule has 0 nitrogen and oxygen atoms in total. The van der Waals surface area contributed by atoms with Gasteiger partial charge in [0.1, 0.15) is 0 Å². The van der Waals surface area contributed by atoms with Gasteiger partial charge in [0.2, 0.25) is 0 Å². The van der Waals surface area contributed by atoms with Crippen LogP contribution in [0.2, 0.25) is 0 Å². The van der Waals surface area contributed by atoms with Crippen LogP contribution in [-0.4, -0.2) is 0 Å². The molecule has 1 rings (SSSR count). The Kier molecular flexibility index (Phi) is 6.22. The zero-order valence-electron chi connectivity index (χ0n) is 11.1. The minimum Gasteiger partial charge on any atom is -0.0654 e. The third-order valence-electron chi connectivity index (χ3n) is 3.26. The van der Waals surface area contributed by atoms with Gasteiger partial charge < -0.3 is 0 Å². The van der Waals surface area contributed by atoms with Crippen molar-refractivity contribution in [2.45, 2.75) is 65.2 Å². The molecule has 0 unspecified atom stereocenters. The van der Waals surface area contributed by atoms with E-state index < -0.39 is 0 Å². The fraction of sp³-hybridized carbons (Fsp3) is 0.625. The largest absolute Gasteiger partial charge is 0.0654 e. The lowest BCUT2D eigenvalue weighted by Crippen LogP contribution is -1.98. The topological polar surface area (TPSA) is 0 Å². The summed E-state index contributed by atoms with van der Waals surface area (Å²) in [4.78, 5) is 0. The van der Waals surface area contributed by atoms with Crippen LogP contribution in [0.4, 0.5) is 0 Å². The molecule has 0 heteroatoms. The monoisotopic (exact) mass is 218 g/mol. The van der Waals surface area contributed by atoms with E-state index in [9.17, 15) is 0 Å². The highest BCUT2D eigenvalue weighted by molar-refractivity contribution is 5.25. The third kappa shape index (κ3) is 4.00. The van der Waals surface area contributed by atoms with Gasteiger partial charge in [0.15, 0.2) is 0 Å². The Morgan fingerprint density at radius 2 is 1.38 bits per heavy atom. The molecule has 1 aromatic rings. The molecular formula is C16H26. The summed E-state index contributed by atoms with van der Waals surface area (Å²) in [5.74, 6) is 0.783.